The molecule has 0 bridgehead atoms. The van der Waals surface area contributed by atoms with Gasteiger partial charge in [-0.2, -0.15) is 11.8 Å². The van der Waals surface area contributed by atoms with Gasteiger partial charge in [0.2, 0.25) is 0 Å². The fraction of sp³-hybridized carbons (Fsp3) is 0.333. The van der Waals surface area contributed by atoms with Crippen LogP contribution < -0.4 is 5.73 Å². The maximum atomic E-state index is 10.6. The molecular weight excluding hydrogens is 238 g/mol. The highest BCUT2D eigenvalue weighted by Crippen LogP contribution is 2.31. The summed E-state index contributed by atoms with van der Waals surface area (Å²) in [6.07, 6.45) is 1.21. The molecule has 0 aliphatic heterocycles. The monoisotopic (exact) mass is 253 g/mol. The lowest BCUT2D eigenvalue weighted by molar-refractivity contribution is -0.137. The molecule has 1 unspecified atom stereocenters. The van der Waals surface area contributed by atoms with E-state index >= 15 is 0 Å². The number of hydrogen-bond acceptors (Lipinski definition) is 4. The summed E-state index contributed by atoms with van der Waals surface area (Å²) in [5.41, 5.74) is 6.45. The lowest BCUT2D eigenvalue weighted by Gasteiger charge is -2.15. The maximum Gasteiger partial charge on any atom is 0.321 e. The van der Waals surface area contributed by atoms with Crippen molar-refractivity contribution in [3.05, 3.63) is 35.9 Å². The van der Waals surface area contributed by atoms with Gasteiger partial charge in [-0.05, 0) is 5.56 Å². The number of carbonyl (C=O) groups is 2. The first-order valence-electron chi connectivity index (χ1n) is 5.23. The standard InChI is InChI=1S/C12H15NO3S/c13-10(12(15)16)8-17-11(6-7-14)9-4-2-1-3-5-9/h1-5,7,10-11H,6,8,13H2,(H,15,16)/t10-,11?/m0/s1. The lowest BCUT2D eigenvalue weighted by atomic mass is 10.1. The van der Waals surface area contributed by atoms with Crippen LogP contribution in [-0.4, -0.2) is 29.2 Å². The molecule has 2 atom stereocenters. The first-order chi connectivity index (χ1) is 8.15. The summed E-state index contributed by atoms with van der Waals surface area (Å²) in [6.45, 7) is 0. The van der Waals surface area contributed by atoms with Crippen LogP contribution in [0, 0.1) is 0 Å². The number of benzene rings is 1. The Labute approximate surface area is 104 Å². The predicted octanol–water partition coefficient (Wildman–Crippen LogP) is 1.46. The van der Waals surface area contributed by atoms with Crippen molar-refractivity contribution in [2.45, 2.75) is 17.7 Å². The molecule has 0 spiro atoms. The van der Waals surface area contributed by atoms with E-state index in [4.69, 9.17) is 10.8 Å². The summed E-state index contributed by atoms with van der Waals surface area (Å²) in [4.78, 5) is 21.2. The van der Waals surface area contributed by atoms with E-state index in [1.165, 1.54) is 11.8 Å². The zero-order chi connectivity index (χ0) is 12.7. The van der Waals surface area contributed by atoms with E-state index in [0.717, 1.165) is 11.8 Å². The Kier molecular flexibility index (Phi) is 5.72. The van der Waals surface area contributed by atoms with Crippen LogP contribution in [0.4, 0.5) is 0 Å². The van der Waals surface area contributed by atoms with Gasteiger partial charge in [0.25, 0.3) is 0 Å². The molecule has 0 amide bonds. The summed E-state index contributed by atoms with van der Waals surface area (Å²) in [6, 6.07) is 8.64. The second-order valence-corrected chi connectivity index (χ2v) is 4.82. The average Bonchev–Trinajstić information content (AvgIpc) is 2.35. The van der Waals surface area contributed by atoms with Crippen LogP contribution in [0.3, 0.4) is 0 Å². The molecule has 1 aromatic rings. The first kappa shape index (κ1) is 13.7. The normalized spacial score (nSPS) is 13.9. The summed E-state index contributed by atoms with van der Waals surface area (Å²) in [5, 5.41) is 8.66. The van der Waals surface area contributed by atoms with Crippen LogP contribution in [0.15, 0.2) is 30.3 Å². The minimum absolute atomic E-state index is 0.0286. The van der Waals surface area contributed by atoms with Gasteiger partial charge in [0.1, 0.15) is 12.3 Å². The van der Waals surface area contributed by atoms with Crippen molar-refractivity contribution < 1.29 is 14.7 Å². The third-order valence-electron chi connectivity index (χ3n) is 2.28. The molecule has 0 heterocycles. The number of nitrogens with two attached hydrogens (primary N) is 1. The van der Waals surface area contributed by atoms with Crippen molar-refractivity contribution in [1.82, 2.24) is 0 Å². The Morgan fingerprint density at radius 1 is 1.41 bits per heavy atom. The third kappa shape index (κ3) is 4.58. The molecule has 0 saturated carbocycles. The van der Waals surface area contributed by atoms with Gasteiger partial charge in [-0.15, -0.1) is 0 Å². The second-order valence-electron chi connectivity index (χ2n) is 3.58. The number of aliphatic carboxylic acids is 1. The smallest absolute Gasteiger partial charge is 0.321 e. The molecule has 0 radical (unpaired) electrons. The van der Waals surface area contributed by atoms with Crippen LogP contribution in [-0.2, 0) is 9.59 Å². The van der Waals surface area contributed by atoms with E-state index in [0.29, 0.717) is 12.2 Å². The van der Waals surface area contributed by atoms with Crippen molar-refractivity contribution in [2.75, 3.05) is 5.75 Å². The fourth-order valence-corrected chi connectivity index (χ4v) is 2.49. The van der Waals surface area contributed by atoms with Crippen LogP contribution in [0.5, 0.6) is 0 Å². The highest BCUT2D eigenvalue weighted by atomic mass is 32.2. The number of carbonyl (C=O) groups excluding carboxylic acids is 1. The van der Waals surface area contributed by atoms with Crippen molar-refractivity contribution in [1.29, 1.82) is 0 Å². The van der Waals surface area contributed by atoms with Crippen LogP contribution in [0.2, 0.25) is 0 Å². The number of hydrogen-bond donors (Lipinski definition) is 2. The van der Waals surface area contributed by atoms with Crippen molar-refractivity contribution in [2.24, 2.45) is 5.73 Å². The maximum absolute atomic E-state index is 10.6. The average molecular weight is 253 g/mol. The van der Waals surface area contributed by atoms with Gasteiger partial charge in [0, 0.05) is 17.4 Å². The molecule has 0 aromatic heterocycles. The summed E-state index contributed by atoms with van der Waals surface area (Å²) < 4.78 is 0. The SMILES string of the molecule is N[C@@H](CSC(CC=O)c1ccccc1)C(=O)O. The minimum Gasteiger partial charge on any atom is -0.480 e. The van der Waals surface area contributed by atoms with Gasteiger partial charge in [0.05, 0.1) is 0 Å². The molecule has 0 aliphatic carbocycles. The van der Waals surface area contributed by atoms with Gasteiger partial charge < -0.3 is 15.6 Å². The van der Waals surface area contributed by atoms with Crippen LogP contribution in [0.25, 0.3) is 0 Å². The summed E-state index contributed by atoms with van der Waals surface area (Å²) >= 11 is 1.40. The Morgan fingerprint density at radius 3 is 2.59 bits per heavy atom. The molecular formula is C12H15NO3S. The topological polar surface area (TPSA) is 80.4 Å². The van der Waals surface area contributed by atoms with Gasteiger partial charge in [0.15, 0.2) is 0 Å². The predicted molar refractivity (Wildman–Crippen MR) is 67.9 cm³/mol. The molecule has 1 rings (SSSR count). The number of aldehydes is 1. The number of rotatable bonds is 7. The van der Waals surface area contributed by atoms with Crippen molar-refractivity contribution in [3.8, 4) is 0 Å². The van der Waals surface area contributed by atoms with Gasteiger partial charge in [-0.25, -0.2) is 0 Å². The zero-order valence-electron chi connectivity index (χ0n) is 9.28. The molecule has 4 nitrogen and oxygen atoms in total. The highest BCUT2D eigenvalue weighted by Gasteiger charge is 2.17. The van der Waals surface area contributed by atoms with E-state index < -0.39 is 12.0 Å². The van der Waals surface area contributed by atoms with Gasteiger partial charge in [-0.3, -0.25) is 4.79 Å². The van der Waals surface area contributed by atoms with E-state index in [-0.39, 0.29) is 5.25 Å². The highest BCUT2D eigenvalue weighted by molar-refractivity contribution is 7.99. The Bertz CT molecular complexity index is 369. The number of carboxylic acid groups (broad SMARTS) is 1. The Hall–Kier alpha value is -1.33. The Balaban J connectivity index is 2.61. The van der Waals surface area contributed by atoms with E-state index in [1.807, 2.05) is 30.3 Å². The largest absolute Gasteiger partial charge is 0.480 e. The molecule has 5 heteroatoms. The van der Waals surface area contributed by atoms with E-state index in [1.54, 1.807) is 0 Å². The van der Waals surface area contributed by atoms with Gasteiger partial charge >= 0.3 is 5.97 Å². The number of thioether (sulfide) groups is 1. The molecule has 0 saturated heterocycles. The van der Waals surface area contributed by atoms with Gasteiger partial charge in [-0.1, -0.05) is 30.3 Å². The van der Waals surface area contributed by atoms with Crippen molar-refractivity contribution in [3.63, 3.8) is 0 Å². The summed E-state index contributed by atoms with van der Waals surface area (Å²) in [7, 11) is 0. The fourth-order valence-electron chi connectivity index (χ4n) is 1.35. The number of carboxylic acids is 1. The van der Waals surface area contributed by atoms with Crippen molar-refractivity contribution >= 4 is 24.0 Å². The first-order valence-corrected chi connectivity index (χ1v) is 6.28. The molecule has 92 valence electrons. The molecule has 0 fully saturated rings. The van der Waals surface area contributed by atoms with E-state index in [2.05, 4.69) is 0 Å². The molecule has 3 N–H and O–H groups in total. The molecule has 17 heavy (non-hydrogen) atoms. The molecule has 0 aliphatic rings. The second kappa shape index (κ2) is 7.09. The molecule has 1 aromatic carbocycles. The minimum atomic E-state index is -1.02. The lowest BCUT2D eigenvalue weighted by Crippen LogP contribution is -2.32. The van der Waals surface area contributed by atoms with Crippen LogP contribution in [0.1, 0.15) is 17.2 Å². The summed E-state index contributed by atoms with van der Waals surface area (Å²) in [5.74, 6) is -0.724. The quantitative estimate of drug-likeness (QED) is 0.719. The van der Waals surface area contributed by atoms with E-state index in [9.17, 15) is 9.59 Å². The third-order valence-corrected chi connectivity index (χ3v) is 3.69. The zero-order valence-corrected chi connectivity index (χ0v) is 10.1. The Morgan fingerprint density at radius 2 is 2.06 bits per heavy atom. The van der Waals surface area contributed by atoms with Crippen LogP contribution >= 0.6 is 11.8 Å².